The van der Waals surface area contributed by atoms with Crippen LogP contribution in [0.4, 0.5) is 0 Å². The van der Waals surface area contributed by atoms with Crippen molar-refractivity contribution >= 4 is 16.6 Å². The number of para-hydroxylation sites is 1. The minimum atomic E-state index is -0.240. The summed E-state index contributed by atoms with van der Waals surface area (Å²) in [6.07, 6.45) is 1.62. The lowest BCUT2D eigenvalue weighted by molar-refractivity contribution is 0.103. The van der Waals surface area contributed by atoms with Gasteiger partial charge in [0.15, 0.2) is 11.5 Å². The van der Waals surface area contributed by atoms with E-state index in [4.69, 9.17) is 14.2 Å². The number of rotatable bonds is 7. The number of carbonyl (C=O) groups excluding carboxylic acids is 1. The molecule has 0 unspecified atom stereocenters. The van der Waals surface area contributed by atoms with E-state index in [0.29, 0.717) is 40.5 Å². The number of aromatic nitrogens is 1. The number of hydrogen-bond donors (Lipinski definition) is 0. The van der Waals surface area contributed by atoms with Crippen LogP contribution in [0.5, 0.6) is 17.2 Å². The highest BCUT2D eigenvalue weighted by Crippen LogP contribution is 2.38. The van der Waals surface area contributed by atoms with Crippen LogP contribution in [0, 0.1) is 0 Å². The fourth-order valence-electron chi connectivity index (χ4n) is 3.38. The van der Waals surface area contributed by atoms with E-state index in [0.717, 1.165) is 10.9 Å². The zero-order valence-electron chi connectivity index (χ0n) is 16.8. The Morgan fingerprint density at radius 2 is 1.57 bits per heavy atom. The molecule has 0 saturated carbocycles. The van der Waals surface area contributed by atoms with Crippen molar-refractivity contribution in [1.82, 2.24) is 4.98 Å². The molecule has 4 rings (SSSR count). The standard InChI is InChI=1S/C25H21NO4/c1-28-20-11-7-6-10-19(20)24(27)23-22-18(14-15-26-23)12-13-21(29-2)25(22)30-16-17-8-4-3-5-9-17/h3-15H,16H2,1-2H3. The fourth-order valence-corrected chi connectivity index (χ4v) is 3.38. The van der Waals surface area contributed by atoms with Crippen LogP contribution >= 0.6 is 0 Å². The van der Waals surface area contributed by atoms with Crippen molar-refractivity contribution in [3.8, 4) is 17.2 Å². The van der Waals surface area contributed by atoms with E-state index in [2.05, 4.69) is 4.98 Å². The molecule has 3 aromatic carbocycles. The van der Waals surface area contributed by atoms with E-state index in [1.54, 1.807) is 38.6 Å². The van der Waals surface area contributed by atoms with Gasteiger partial charge in [-0.05, 0) is 35.2 Å². The molecule has 0 bridgehead atoms. The predicted molar refractivity (Wildman–Crippen MR) is 115 cm³/mol. The van der Waals surface area contributed by atoms with Crippen LogP contribution < -0.4 is 14.2 Å². The number of benzene rings is 3. The largest absolute Gasteiger partial charge is 0.496 e. The molecule has 5 heteroatoms. The van der Waals surface area contributed by atoms with E-state index in [1.807, 2.05) is 54.6 Å². The molecule has 0 radical (unpaired) electrons. The van der Waals surface area contributed by atoms with Gasteiger partial charge in [0.25, 0.3) is 0 Å². The van der Waals surface area contributed by atoms with Gasteiger partial charge in [-0.25, -0.2) is 0 Å². The normalized spacial score (nSPS) is 10.6. The molecular weight excluding hydrogens is 378 g/mol. The van der Waals surface area contributed by atoms with Crippen LogP contribution in [-0.4, -0.2) is 25.0 Å². The van der Waals surface area contributed by atoms with Crippen molar-refractivity contribution in [2.75, 3.05) is 14.2 Å². The number of methoxy groups -OCH3 is 2. The topological polar surface area (TPSA) is 57.7 Å². The van der Waals surface area contributed by atoms with Gasteiger partial charge in [0.2, 0.25) is 5.78 Å². The highest BCUT2D eigenvalue weighted by Gasteiger charge is 2.22. The average molecular weight is 399 g/mol. The van der Waals surface area contributed by atoms with Gasteiger partial charge in [-0.1, -0.05) is 48.5 Å². The molecule has 0 atom stereocenters. The number of fused-ring (bicyclic) bond motifs is 1. The van der Waals surface area contributed by atoms with Crippen LogP contribution in [0.3, 0.4) is 0 Å². The third kappa shape index (κ3) is 3.70. The van der Waals surface area contributed by atoms with Gasteiger partial charge in [-0.3, -0.25) is 9.78 Å². The number of carbonyl (C=O) groups is 1. The Kier molecular flexibility index (Phi) is 5.61. The van der Waals surface area contributed by atoms with Gasteiger partial charge in [0, 0.05) is 6.20 Å². The summed E-state index contributed by atoms with van der Waals surface area (Å²) >= 11 is 0. The molecule has 5 nitrogen and oxygen atoms in total. The summed E-state index contributed by atoms with van der Waals surface area (Å²) in [7, 11) is 3.12. The Morgan fingerprint density at radius 3 is 2.33 bits per heavy atom. The number of nitrogens with zero attached hydrogens (tertiary/aromatic N) is 1. The quantitative estimate of drug-likeness (QED) is 0.407. The molecule has 150 valence electrons. The summed E-state index contributed by atoms with van der Waals surface area (Å²) in [5, 5.41) is 1.45. The number of hydrogen-bond acceptors (Lipinski definition) is 5. The molecule has 1 heterocycles. The summed E-state index contributed by atoms with van der Waals surface area (Å²) < 4.78 is 17.1. The lowest BCUT2D eigenvalue weighted by atomic mass is 10.0. The first kappa shape index (κ1) is 19.5. The summed E-state index contributed by atoms with van der Waals surface area (Å²) in [5.74, 6) is 1.29. The first-order valence-electron chi connectivity index (χ1n) is 9.53. The van der Waals surface area contributed by atoms with Gasteiger partial charge < -0.3 is 14.2 Å². The molecule has 30 heavy (non-hydrogen) atoms. The zero-order chi connectivity index (χ0) is 20.9. The Morgan fingerprint density at radius 1 is 0.833 bits per heavy atom. The third-order valence-electron chi connectivity index (χ3n) is 4.86. The SMILES string of the molecule is COc1ccccc1C(=O)c1nccc2ccc(OC)c(OCc3ccccc3)c12. The van der Waals surface area contributed by atoms with E-state index < -0.39 is 0 Å². The van der Waals surface area contributed by atoms with Crippen molar-refractivity contribution in [2.24, 2.45) is 0 Å². The van der Waals surface area contributed by atoms with Gasteiger partial charge >= 0.3 is 0 Å². The second-order valence-electron chi connectivity index (χ2n) is 6.66. The van der Waals surface area contributed by atoms with Crippen molar-refractivity contribution in [1.29, 1.82) is 0 Å². The van der Waals surface area contributed by atoms with Crippen molar-refractivity contribution in [3.63, 3.8) is 0 Å². The Balaban J connectivity index is 1.85. The molecule has 0 aliphatic rings. The molecule has 0 aliphatic carbocycles. The van der Waals surface area contributed by atoms with Gasteiger partial charge in [-0.2, -0.15) is 0 Å². The number of pyridine rings is 1. The van der Waals surface area contributed by atoms with Gasteiger partial charge in [-0.15, -0.1) is 0 Å². The lowest BCUT2D eigenvalue weighted by Crippen LogP contribution is -2.08. The van der Waals surface area contributed by atoms with Gasteiger partial charge in [0.1, 0.15) is 18.1 Å². The Bertz CT molecular complexity index is 1190. The summed E-state index contributed by atoms with van der Waals surface area (Å²) in [5.41, 5.74) is 1.74. The van der Waals surface area contributed by atoms with E-state index in [-0.39, 0.29) is 5.78 Å². The average Bonchev–Trinajstić information content (AvgIpc) is 2.82. The van der Waals surface area contributed by atoms with E-state index in [9.17, 15) is 4.79 Å². The first-order valence-corrected chi connectivity index (χ1v) is 9.53. The van der Waals surface area contributed by atoms with Crippen molar-refractivity contribution in [2.45, 2.75) is 6.61 Å². The fraction of sp³-hybridized carbons (Fsp3) is 0.120. The summed E-state index contributed by atoms with van der Waals surface area (Å²) in [6, 6.07) is 22.5. The molecule has 0 N–H and O–H groups in total. The van der Waals surface area contributed by atoms with Crippen molar-refractivity contribution in [3.05, 3.63) is 95.8 Å². The molecule has 0 fully saturated rings. The molecular formula is C25H21NO4. The summed E-state index contributed by atoms with van der Waals surface area (Å²) in [6.45, 7) is 0.341. The van der Waals surface area contributed by atoms with Crippen LogP contribution in [-0.2, 0) is 6.61 Å². The van der Waals surface area contributed by atoms with Crippen LogP contribution in [0.1, 0.15) is 21.6 Å². The molecule has 0 amide bonds. The van der Waals surface area contributed by atoms with Crippen LogP contribution in [0.2, 0.25) is 0 Å². The van der Waals surface area contributed by atoms with Crippen LogP contribution in [0.15, 0.2) is 79.0 Å². The molecule has 1 aromatic heterocycles. The molecule has 0 aliphatic heterocycles. The minimum absolute atomic E-state index is 0.240. The van der Waals surface area contributed by atoms with E-state index >= 15 is 0 Å². The molecule has 0 saturated heterocycles. The smallest absolute Gasteiger partial charge is 0.215 e. The highest BCUT2D eigenvalue weighted by molar-refractivity contribution is 6.17. The number of ketones is 1. The molecule has 0 spiro atoms. The third-order valence-corrected chi connectivity index (χ3v) is 4.86. The minimum Gasteiger partial charge on any atom is -0.496 e. The Labute approximate surface area is 174 Å². The first-order chi connectivity index (χ1) is 14.7. The number of ether oxygens (including phenoxy) is 3. The van der Waals surface area contributed by atoms with Crippen molar-refractivity contribution < 1.29 is 19.0 Å². The predicted octanol–water partition coefficient (Wildman–Crippen LogP) is 5.06. The van der Waals surface area contributed by atoms with Crippen LogP contribution in [0.25, 0.3) is 10.8 Å². The zero-order valence-corrected chi connectivity index (χ0v) is 16.8. The second-order valence-corrected chi connectivity index (χ2v) is 6.66. The monoisotopic (exact) mass is 399 g/mol. The molecule has 4 aromatic rings. The maximum Gasteiger partial charge on any atom is 0.215 e. The second kappa shape index (κ2) is 8.66. The highest BCUT2D eigenvalue weighted by atomic mass is 16.5. The maximum absolute atomic E-state index is 13.4. The lowest BCUT2D eigenvalue weighted by Gasteiger charge is -2.16. The Hall–Kier alpha value is -3.86. The maximum atomic E-state index is 13.4. The summed E-state index contributed by atoms with van der Waals surface area (Å²) in [4.78, 5) is 17.8. The van der Waals surface area contributed by atoms with E-state index in [1.165, 1.54) is 0 Å². The van der Waals surface area contributed by atoms with Gasteiger partial charge in [0.05, 0.1) is 25.2 Å².